The molecule has 11 heavy (non-hydrogen) atoms. The number of hydrogen-bond acceptors (Lipinski definition) is 3. The van der Waals surface area contributed by atoms with Gasteiger partial charge in [-0.1, -0.05) is 21.1 Å². The van der Waals surface area contributed by atoms with Crippen LogP contribution >= 0.6 is 15.9 Å². The van der Waals surface area contributed by atoms with E-state index in [1.807, 2.05) is 0 Å². The Kier molecular flexibility index (Phi) is 2.48. The van der Waals surface area contributed by atoms with Crippen molar-refractivity contribution in [2.45, 2.75) is 0 Å². The van der Waals surface area contributed by atoms with Crippen molar-refractivity contribution in [2.75, 3.05) is 0 Å². The van der Waals surface area contributed by atoms with Crippen LogP contribution in [0.5, 0.6) is 5.75 Å². The van der Waals surface area contributed by atoms with Crippen molar-refractivity contribution in [3.8, 4) is 5.75 Å². The van der Waals surface area contributed by atoms with Gasteiger partial charge in [0.2, 0.25) is 0 Å². The molecular weight excluding hydrogens is 210 g/mol. The fourth-order valence-corrected chi connectivity index (χ4v) is 1.04. The molecule has 4 heteroatoms. The summed E-state index contributed by atoms with van der Waals surface area (Å²) in [5.41, 5.74) is 0.632. The molecular formula is C7H6BrNO2. The van der Waals surface area contributed by atoms with Crippen molar-refractivity contribution < 1.29 is 10.3 Å². The summed E-state index contributed by atoms with van der Waals surface area (Å²) in [6, 6.07) is 4.70. The Bertz CT molecular complexity index is 286. The lowest BCUT2D eigenvalue weighted by Gasteiger charge is -1.96. The minimum atomic E-state index is 0.142. The first-order valence-electron chi connectivity index (χ1n) is 2.90. The average Bonchev–Trinajstić information content (AvgIpc) is 1.98. The fraction of sp³-hybridized carbons (Fsp3) is 0. The van der Waals surface area contributed by atoms with Crippen LogP contribution in [0, 0.1) is 0 Å². The highest BCUT2D eigenvalue weighted by molar-refractivity contribution is 9.10. The molecule has 0 unspecified atom stereocenters. The SMILES string of the molecule is O/N=C/c1cc(O)ccc1Br. The lowest BCUT2D eigenvalue weighted by molar-refractivity contribution is 0.322. The lowest BCUT2D eigenvalue weighted by atomic mass is 10.2. The molecule has 0 heterocycles. The van der Waals surface area contributed by atoms with E-state index in [2.05, 4.69) is 21.1 Å². The molecule has 1 rings (SSSR count). The summed E-state index contributed by atoms with van der Waals surface area (Å²) < 4.78 is 0.771. The average molecular weight is 216 g/mol. The number of halogens is 1. The van der Waals surface area contributed by atoms with Crippen molar-refractivity contribution >= 4 is 22.1 Å². The van der Waals surface area contributed by atoms with Gasteiger partial charge in [-0.25, -0.2) is 0 Å². The summed E-state index contributed by atoms with van der Waals surface area (Å²) in [5, 5.41) is 20.0. The molecule has 0 spiro atoms. The van der Waals surface area contributed by atoms with E-state index in [-0.39, 0.29) is 5.75 Å². The standard InChI is InChI=1S/C7H6BrNO2/c8-7-2-1-6(10)3-5(7)4-9-11/h1-4,10-11H/b9-4+. The molecule has 3 nitrogen and oxygen atoms in total. The third-order valence-electron chi connectivity index (χ3n) is 1.18. The maximum atomic E-state index is 9.00. The minimum Gasteiger partial charge on any atom is -0.508 e. The van der Waals surface area contributed by atoms with Crippen molar-refractivity contribution in [1.82, 2.24) is 0 Å². The second-order valence-electron chi connectivity index (χ2n) is 1.95. The van der Waals surface area contributed by atoms with Crippen molar-refractivity contribution in [2.24, 2.45) is 5.16 Å². The predicted molar refractivity (Wildman–Crippen MR) is 45.2 cm³/mol. The molecule has 0 fully saturated rings. The molecule has 0 saturated carbocycles. The second-order valence-corrected chi connectivity index (χ2v) is 2.80. The number of rotatable bonds is 1. The van der Waals surface area contributed by atoms with Gasteiger partial charge in [-0.2, -0.15) is 0 Å². The van der Waals surface area contributed by atoms with Crippen molar-refractivity contribution in [3.05, 3.63) is 28.2 Å². The molecule has 0 atom stereocenters. The number of hydrogen-bond donors (Lipinski definition) is 2. The summed E-state index contributed by atoms with van der Waals surface area (Å²) in [4.78, 5) is 0. The van der Waals surface area contributed by atoms with Crippen LogP contribution in [0.2, 0.25) is 0 Å². The van der Waals surface area contributed by atoms with Gasteiger partial charge in [0.05, 0.1) is 6.21 Å². The molecule has 0 amide bonds. The topological polar surface area (TPSA) is 52.8 Å². The van der Waals surface area contributed by atoms with Crippen molar-refractivity contribution in [3.63, 3.8) is 0 Å². The molecule has 2 N–H and O–H groups in total. The van der Waals surface area contributed by atoms with E-state index in [0.29, 0.717) is 5.56 Å². The Hall–Kier alpha value is -1.03. The van der Waals surface area contributed by atoms with E-state index in [4.69, 9.17) is 10.3 Å². The molecule has 0 aromatic heterocycles. The van der Waals surface area contributed by atoms with E-state index in [9.17, 15) is 0 Å². The molecule has 58 valence electrons. The zero-order chi connectivity index (χ0) is 8.27. The Morgan fingerprint density at radius 3 is 2.82 bits per heavy atom. The van der Waals surface area contributed by atoms with E-state index in [1.54, 1.807) is 12.1 Å². The molecule has 1 aromatic rings. The number of nitrogens with zero attached hydrogens (tertiary/aromatic N) is 1. The predicted octanol–water partition coefficient (Wildman–Crippen LogP) is 1.96. The molecule has 0 saturated heterocycles. The summed E-state index contributed by atoms with van der Waals surface area (Å²) in [7, 11) is 0. The van der Waals surface area contributed by atoms with Gasteiger partial charge in [0.1, 0.15) is 5.75 Å². The lowest BCUT2D eigenvalue weighted by Crippen LogP contribution is -1.81. The first kappa shape index (κ1) is 8.07. The number of aromatic hydroxyl groups is 1. The van der Waals surface area contributed by atoms with Gasteiger partial charge in [0, 0.05) is 10.0 Å². The Labute approximate surface area is 72.1 Å². The fourth-order valence-electron chi connectivity index (χ4n) is 0.692. The van der Waals surface area contributed by atoms with Crippen LogP contribution in [0.4, 0.5) is 0 Å². The molecule has 0 aliphatic carbocycles. The first-order valence-corrected chi connectivity index (χ1v) is 3.69. The Balaban J connectivity index is 3.12. The highest BCUT2D eigenvalue weighted by Crippen LogP contribution is 2.19. The third kappa shape index (κ3) is 1.94. The zero-order valence-corrected chi connectivity index (χ0v) is 7.12. The van der Waals surface area contributed by atoms with Gasteiger partial charge in [0.25, 0.3) is 0 Å². The first-order chi connectivity index (χ1) is 5.24. The number of oxime groups is 1. The van der Waals surface area contributed by atoms with Crippen LogP contribution in [0.1, 0.15) is 5.56 Å². The zero-order valence-electron chi connectivity index (χ0n) is 5.53. The van der Waals surface area contributed by atoms with Gasteiger partial charge >= 0.3 is 0 Å². The largest absolute Gasteiger partial charge is 0.508 e. The van der Waals surface area contributed by atoms with Crippen LogP contribution in [-0.4, -0.2) is 16.5 Å². The van der Waals surface area contributed by atoms with Gasteiger partial charge in [0.15, 0.2) is 0 Å². The van der Waals surface area contributed by atoms with E-state index >= 15 is 0 Å². The van der Waals surface area contributed by atoms with Crippen LogP contribution in [0.3, 0.4) is 0 Å². The van der Waals surface area contributed by atoms with Crippen LogP contribution in [0.15, 0.2) is 27.8 Å². The van der Waals surface area contributed by atoms with Gasteiger partial charge in [-0.3, -0.25) is 0 Å². The maximum absolute atomic E-state index is 9.00. The smallest absolute Gasteiger partial charge is 0.116 e. The van der Waals surface area contributed by atoms with Gasteiger partial charge < -0.3 is 10.3 Å². The van der Waals surface area contributed by atoms with E-state index < -0.39 is 0 Å². The van der Waals surface area contributed by atoms with E-state index in [0.717, 1.165) is 4.47 Å². The summed E-state index contributed by atoms with van der Waals surface area (Å²) in [6.07, 6.45) is 1.24. The molecule has 0 bridgehead atoms. The van der Waals surface area contributed by atoms with E-state index in [1.165, 1.54) is 12.3 Å². The van der Waals surface area contributed by atoms with Crippen LogP contribution in [-0.2, 0) is 0 Å². The van der Waals surface area contributed by atoms with Gasteiger partial charge in [-0.05, 0) is 18.2 Å². The Morgan fingerprint density at radius 1 is 1.45 bits per heavy atom. The number of phenols is 1. The number of benzene rings is 1. The number of phenolic OH excluding ortho intramolecular Hbond substituents is 1. The molecule has 0 radical (unpaired) electrons. The third-order valence-corrected chi connectivity index (χ3v) is 1.90. The van der Waals surface area contributed by atoms with Gasteiger partial charge in [-0.15, -0.1) is 0 Å². The summed E-state index contributed by atoms with van der Waals surface area (Å²) in [5.74, 6) is 0.142. The molecule has 1 aromatic carbocycles. The quantitative estimate of drug-likeness (QED) is 0.428. The highest BCUT2D eigenvalue weighted by atomic mass is 79.9. The molecule has 0 aliphatic rings. The second kappa shape index (κ2) is 3.39. The Morgan fingerprint density at radius 2 is 2.18 bits per heavy atom. The summed E-state index contributed by atoms with van der Waals surface area (Å²) >= 11 is 3.22. The molecule has 0 aliphatic heterocycles. The minimum absolute atomic E-state index is 0.142. The monoisotopic (exact) mass is 215 g/mol. The summed E-state index contributed by atoms with van der Waals surface area (Å²) in [6.45, 7) is 0. The normalized spacial score (nSPS) is 10.6. The maximum Gasteiger partial charge on any atom is 0.116 e. The van der Waals surface area contributed by atoms with Crippen LogP contribution in [0.25, 0.3) is 0 Å². The van der Waals surface area contributed by atoms with Crippen LogP contribution < -0.4 is 0 Å². The van der Waals surface area contributed by atoms with Crippen molar-refractivity contribution in [1.29, 1.82) is 0 Å². The highest BCUT2D eigenvalue weighted by Gasteiger charge is 1.97.